The molecule has 0 atom stereocenters. The van der Waals surface area contributed by atoms with Gasteiger partial charge in [-0.05, 0) is 118 Å². The topological polar surface area (TPSA) is 8.17 Å². The van der Waals surface area contributed by atoms with Crippen molar-refractivity contribution >= 4 is 38.9 Å². The molecule has 1 saturated carbocycles. The molecule has 10 rings (SSSR count). The lowest BCUT2D eigenvalue weighted by Crippen LogP contribution is -2.10. The molecular formula is C53H42N2. The molecule has 1 aliphatic carbocycles. The van der Waals surface area contributed by atoms with Crippen LogP contribution in [-0.2, 0) is 0 Å². The predicted octanol–water partition coefficient (Wildman–Crippen LogP) is 14.9. The molecule has 1 aromatic heterocycles. The van der Waals surface area contributed by atoms with E-state index in [0.717, 1.165) is 11.4 Å². The Kier molecular flexibility index (Phi) is 8.57. The van der Waals surface area contributed by atoms with E-state index in [2.05, 4.69) is 210 Å². The van der Waals surface area contributed by atoms with Crippen LogP contribution in [0.4, 0.5) is 17.1 Å². The van der Waals surface area contributed by atoms with Gasteiger partial charge in [-0.3, -0.25) is 0 Å². The van der Waals surface area contributed by atoms with Gasteiger partial charge in [0.2, 0.25) is 0 Å². The summed E-state index contributed by atoms with van der Waals surface area (Å²) in [6.45, 7) is 0. The van der Waals surface area contributed by atoms with E-state index < -0.39 is 0 Å². The van der Waals surface area contributed by atoms with Crippen molar-refractivity contribution in [1.82, 2.24) is 4.57 Å². The fraction of sp³-hybridized carbons (Fsp3) is 0.0943. The fourth-order valence-electron chi connectivity index (χ4n) is 8.70. The lowest BCUT2D eigenvalue weighted by atomic mass is 9.97. The molecule has 0 bridgehead atoms. The number of rotatable bonds is 8. The number of anilines is 3. The van der Waals surface area contributed by atoms with Gasteiger partial charge in [0.25, 0.3) is 0 Å². The van der Waals surface area contributed by atoms with E-state index in [1.54, 1.807) is 0 Å². The molecule has 2 heteroatoms. The minimum atomic E-state index is 0.690. The fourth-order valence-corrected chi connectivity index (χ4v) is 8.70. The Bertz CT molecular complexity index is 2650. The van der Waals surface area contributed by atoms with E-state index in [0.29, 0.717) is 5.92 Å². The van der Waals surface area contributed by atoms with Crippen molar-refractivity contribution < 1.29 is 0 Å². The third-order valence-corrected chi connectivity index (χ3v) is 11.6. The van der Waals surface area contributed by atoms with Crippen LogP contribution in [-0.4, -0.2) is 4.57 Å². The predicted molar refractivity (Wildman–Crippen MR) is 233 cm³/mol. The Labute approximate surface area is 323 Å². The summed E-state index contributed by atoms with van der Waals surface area (Å²) in [7, 11) is 0. The van der Waals surface area contributed by atoms with Gasteiger partial charge in [-0.2, -0.15) is 0 Å². The van der Waals surface area contributed by atoms with Crippen LogP contribution in [0.15, 0.2) is 200 Å². The first-order chi connectivity index (χ1) is 27.3. The maximum Gasteiger partial charge on any atom is 0.0541 e. The molecular weight excluding hydrogens is 665 g/mol. The van der Waals surface area contributed by atoms with E-state index in [1.807, 2.05) is 0 Å². The van der Waals surface area contributed by atoms with Gasteiger partial charge in [-0.1, -0.05) is 152 Å². The lowest BCUT2D eigenvalue weighted by Gasteiger charge is -2.26. The average Bonchev–Trinajstić information content (AvgIpc) is 3.93. The molecule has 1 heterocycles. The Hall–Kier alpha value is -6.64. The van der Waals surface area contributed by atoms with Crippen LogP contribution in [0.5, 0.6) is 0 Å². The smallest absolute Gasteiger partial charge is 0.0541 e. The summed E-state index contributed by atoms with van der Waals surface area (Å²) in [5.41, 5.74) is 15.8. The van der Waals surface area contributed by atoms with Crippen molar-refractivity contribution in [2.24, 2.45) is 0 Å². The molecule has 2 nitrogen and oxygen atoms in total. The zero-order valence-electron chi connectivity index (χ0n) is 30.9. The van der Waals surface area contributed by atoms with Gasteiger partial charge in [-0.15, -0.1) is 0 Å². The Balaban J connectivity index is 0.957. The highest BCUT2D eigenvalue weighted by Crippen LogP contribution is 2.40. The Morgan fingerprint density at radius 3 is 1.18 bits per heavy atom. The van der Waals surface area contributed by atoms with Gasteiger partial charge >= 0.3 is 0 Å². The number of hydrogen-bond acceptors (Lipinski definition) is 1. The first kappa shape index (κ1) is 33.0. The van der Waals surface area contributed by atoms with Crippen molar-refractivity contribution in [2.45, 2.75) is 31.6 Å². The number of aromatic nitrogens is 1. The third-order valence-electron chi connectivity index (χ3n) is 11.6. The van der Waals surface area contributed by atoms with E-state index in [9.17, 15) is 0 Å². The zero-order valence-corrected chi connectivity index (χ0v) is 30.9. The van der Waals surface area contributed by atoms with Gasteiger partial charge in [0, 0.05) is 33.5 Å². The van der Waals surface area contributed by atoms with Gasteiger partial charge in [0.05, 0.1) is 11.0 Å². The van der Waals surface area contributed by atoms with Gasteiger partial charge in [-0.25, -0.2) is 0 Å². The molecule has 0 radical (unpaired) electrons. The summed E-state index contributed by atoms with van der Waals surface area (Å²) >= 11 is 0. The van der Waals surface area contributed by atoms with Crippen LogP contribution in [0, 0.1) is 0 Å². The maximum absolute atomic E-state index is 2.38. The lowest BCUT2D eigenvalue weighted by molar-refractivity contribution is 0.723. The van der Waals surface area contributed by atoms with Crippen LogP contribution in [0.2, 0.25) is 0 Å². The highest BCUT2D eigenvalue weighted by molar-refractivity contribution is 6.09. The van der Waals surface area contributed by atoms with Crippen molar-refractivity contribution in [2.75, 3.05) is 4.90 Å². The summed E-state index contributed by atoms with van der Waals surface area (Å²) < 4.78 is 2.37. The van der Waals surface area contributed by atoms with Gasteiger partial charge in [0.15, 0.2) is 0 Å². The standard InChI is InChI=1S/C53H42N2/c1-2-10-38(11-3-1)40-18-20-41(21-19-40)43-24-32-47(33-25-43)54(46-30-22-42(23-31-46)39-12-4-5-13-39)48-34-26-44(27-35-48)45-28-36-49(37-29-45)55-52-16-8-6-14-50(52)51-15-7-9-17-53(51)55/h1-3,6-11,14-37,39H,4-5,12-13H2. The van der Waals surface area contributed by atoms with Crippen LogP contribution >= 0.6 is 0 Å². The largest absolute Gasteiger partial charge is 0.311 e. The molecule has 0 N–H and O–H groups in total. The normalized spacial score (nSPS) is 13.1. The second-order valence-electron chi connectivity index (χ2n) is 14.9. The van der Waals surface area contributed by atoms with Gasteiger partial charge in [0.1, 0.15) is 0 Å². The summed E-state index contributed by atoms with van der Waals surface area (Å²) in [6.07, 6.45) is 5.29. The molecule has 0 spiro atoms. The molecule has 0 unspecified atom stereocenters. The zero-order chi connectivity index (χ0) is 36.6. The monoisotopic (exact) mass is 706 g/mol. The molecule has 55 heavy (non-hydrogen) atoms. The van der Waals surface area contributed by atoms with Crippen LogP contribution < -0.4 is 4.90 Å². The van der Waals surface area contributed by atoms with E-state index in [4.69, 9.17) is 0 Å². The van der Waals surface area contributed by atoms with E-state index in [1.165, 1.54) is 97.8 Å². The molecule has 264 valence electrons. The molecule has 1 aliphatic rings. The quantitative estimate of drug-likeness (QED) is 0.153. The first-order valence-electron chi connectivity index (χ1n) is 19.6. The SMILES string of the molecule is c1ccc(-c2ccc(-c3ccc(N(c4ccc(-c5ccc(-n6c7ccccc7c7ccccc76)cc5)cc4)c4ccc(C5CCCC5)cc4)cc3)cc2)cc1. The average molecular weight is 707 g/mol. The molecule has 8 aromatic carbocycles. The van der Waals surface area contributed by atoms with Crippen LogP contribution in [0.3, 0.4) is 0 Å². The number of nitrogens with zero attached hydrogens (tertiary/aromatic N) is 2. The van der Waals surface area contributed by atoms with Crippen molar-refractivity contribution in [3.8, 4) is 39.1 Å². The summed E-state index contributed by atoms with van der Waals surface area (Å²) in [6, 6.07) is 73.2. The van der Waals surface area contributed by atoms with E-state index in [-0.39, 0.29) is 0 Å². The highest BCUT2D eigenvalue weighted by Gasteiger charge is 2.19. The highest BCUT2D eigenvalue weighted by atomic mass is 15.1. The molecule has 1 fully saturated rings. The molecule has 9 aromatic rings. The molecule has 0 saturated heterocycles. The van der Waals surface area contributed by atoms with Crippen LogP contribution in [0.25, 0.3) is 60.9 Å². The summed E-state index contributed by atoms with van der Waals surface area (Å²) in [4.78, 5) is 2.38. The van der Waals surface area contributed by atoms with Crippen molar-refractivity contribution in [3.63, 3.8) is 0 Å². The third kappa shape index (κ3) is 6.30. The Morgan fingerprint density at radius 2 is 0.709 bits per heavy atom. The van der Waals surface area contributed by atoms with E-state index >= 15 is 0 Å². The van der Waals surface area contributed by atoms with Crippen molar-refractivity contribution in [1.29, 1.82) is 0 Å². The minimum absolute atomic E-state index is 0.690. The van der Waals surface area contributed by atoms with Gasteiger partial charge < -0.3 is 9.47 Å². The summed E-state index contributed by atoms with van der Waals surface area (Å²) in [5, 5.41) is 2.56. The first-order valence-corrected chi connectivity index (χ1v) is 19.6. The number of benzene rings is 8. The minimum Gasteiger partial charge on any atom is -0.311 e. The molecule has 0 aliphatic heterocycles. The second kappa shape index (κ2) is 14.3. The maximum atomic E-state index is 2.38. The van der Waals surface area contributed by atoms with Crippen molar-refractivity contribution in [3.05, 3.63) is 206 Å². The summed E-state index contributed by atoms with van der Waals surface area (Å²) in [5.74, 6) is 0.690. The second-order valence-corrected chi connectivity index (χ2v) is 14.9. The number of hydrogen-bond donors (Lipinski definition) is 0. The van der Waals surface area contributed by atoms with Crippen LogP contribution in [0.1, 0.15) is 37.2 Å². The Morgan fingerprint density at radius 1 is 0.345 bits per heavy atom. The molecule has 0 amide bonds. The number of fused-ring (bicyclic) bond motifs is 3. The number of para-hydroxylation sites is 2.